The van der Waals surface area contributed by atoms with E-state index in [4.69, 9.17) is 17.0 Å². The van der Waals surface area contributed by atoms with Crippen molar-refractivity contribution < 1.29 is 4.74 Å². The first kappa shape index (κ1) is 13.0. The lowest BCUT2D eigenvalue weighted by Crippen LogP contribution is -2.00. The normalized spacial score (nSPS) is 22.7. The Morgan fingerprint density at radius 3 is 2.36 bits per heavy atom. The molecule has 0 unspecified atom stereocenters. The summed E-state index contributed by atoms with van der Waals surface area (Å²) in [6, 6.07) is 0. The summed E-state index contributed by atoms with van der Waals surface area (Å²) in [5.41, 5.74) is 0. The zero-order chi connectivity index (χ0) is 10.1. The van der Waals surface area contributed by atoms with Crippen LogP contribution in [0.2, 0.25) is 0 Å². The molecule has 1 fully saturated rings. The highest BCUT2D eigenvalue weighted by Gasteiger charge is 2.01. The minimum absolute atomic E-state index is 0.740. The van der Waals surface area contributed by atoms with E-state index in [9.17, 15) is 0 Å². The van der Waals surface area contributed by atoms with Crippen LogP contribution in [-0.4, -0.2) is 28.2 Å². The maximum atomic E-state index is 5.43. The molecule has 5 heteroatoms. The van der Waals surface area contributed by atoms with E-state index in [0.717, 1.165) is 23.2 Å². The van der Waals surface area contributed by atoms with Crippen molar-refractivity contribution in [2.45, 2.75) is 25.7 Å². The molecule has 0 bridgehead atoms. The van der Waals surface area contributed by atoms with Crippen LogP contribution in [0.15, 0.2) is 0 Å². The van der Waals surface area contributed by atoms with Gasteiger partial charge >= 0.3 is 0 Å². The summed E-state index contributed by atoms with van der Waals surface area (Å²) >= 11 is 6.79. The van der Waals surface area contributed by atoms with Crippen LogP contribution < -0.4 is 0 Å². The molecule has 0 atom stereocenters. The summed E-state index contributed by atoms with van der Waals surface area (Å²) in [5, 5.41) is 0. The van der Waals surface area contributed by atoms with Crippen LogP contribution in [0.5, 0.6) is 0 Å². The molecule has 0 saturated carbocycles. The van der Waals surface area contributed by atoms with E-state index in [1.54, 1.807) is 11.8 Å². The molecule has 1 rings (SSSR count). The zero-order valence-electron chi connectivity index (χ0n) is 8.20. The van der Waals surface area contributed by atoms with Gasteiger partial charge in [-0.25, -0.2) is 0 Å². The average molecular weight is 268 g/mol. The Kier molecular flexibility index (Phi) is 8.53. The number of thiocarbonyl (C=S) groups is 1. The highest BCUT2D eigenvalue weighted by Crippen LogP contribution is 2.24. The molecule has 1 nitrogen and oxygen atoms in total. The van der Waals surface area contributed by atoms with Gasteiger partial charge in [-0.2, -0.15) is 0 Å². The van der Waals surface area contributed by atoms with Gasteiger partial charge in [0.1, 0.15) is 0 Å². The largest absolute Gasteiger partial charge is 0.479 e. The molecule has 1 heterocycles. The van der Waals surface area contributed by atoms with E-state index < -0.39 is 0 Å². The number of thioether (sulfide) groups is 1. The second kappa shape index (κ2) is 9.19. The predicted octanol–water partition coefficient (Wildman–Crippen LogP) is 3.98. The number of hydrogen-bond acceptors (Lipinski definition) is 5. The van der Waals surface area contributed by atoms with E-state index in [-0.39, 0.29) is 0 Å². The molecule has 14 heavy (non-hydrogen) atoms. The molecule has 0 radical (unpaired) electrons. The summed E-state index contributed by atoms with van der Waals surface area (Å²) < 4.78 is 6.17. The van der Waals surface area contributed by atoms with Crippen LogP contribution >= 0.6 is 45.6 Å². The number of rotatable bonds is 0. The van der Waals surface area contributed by atoms with E-state index in [1.165, 1.54) is 30.8 Å². The molecule has 0 aromatic rings. The molecule has 0 aromatic heterocycles. The highest BCUT2D eigenvalue weighted by molar-refractivity contribution is 8.76. The van der Waals surface area contributed by atoms with Crippen LogP contribution in [-0.2, 0) is 4.74 Å². The first-order valence-corrected chi connectivity index (χ1v) is 8.82. The van der Waals surface area contributed by atoms with Gasteiger partial charge in [0.05, 0.1) is 6.61 Å². The summed E-state index contributed by atoms with van der Waals surface area (Å²) in [6.07, 6.45) is 4.92. The second-order valence-electron chi connectivity index (χ2n) is 3.01. The van der Waals surface area contributed by atoms with Crippen molar-refractivity contribution in [2.24, 2.45) is 0 Å². The van der Waals surface area contributed by atoms with Crippen LogP contribution in [0.1, 0.15) is 25.7 Å². The molecular formula is C9H16OS4. The highest BCUT2D eigenvalue weighted by atomic mass is 33.1. The topological polar surface area (TPSA) is 9.23 Å². The average Bonchev–Trinajstić information content (AvgIpc) is 2.20. The molecule has 0 spiro atoms. The first-order valence-electron chi connectivity index (χ1n) is 4.93. The van der Waals surface area contributed by atoms with Crippen molar-refractivity contribution in [3.63, 3.8) is 0 Å². The molecule has 0 aromatic carbocycles. The molecule has 0 aliphatic carbocycles. The van der Waals surface area contributed by atoms with E-state index in [1.807, 2.05) is 21.6 Å². The van der Waals surface area contributed by atoms with Crippen molar-refractivity contribution >= 4 is 50.0 Å². The van der Waals surface area contributed by atoms with Crippen molar-refractivity contribution in [3.8, 4) is 0 Å². The van der Waals surface area contributed by atoms with Crippen molar-refractivity contribution in [3.05, 3.63) is 0 Å². The Bertz CT molecular complexity index is 147. The van der Waals surface area contributed by atoms with Gasteiger partial charge in [0.15, 0.2) is 0 Å². The summed E-state index contributed by atoms with van der Waals surface area (Å²) in [5.74, 6) is 3.64. The maximum Gasteiger partial charge on any atom is 0.219 e. The van der Waals surface area contributed by atoms with Crippen LogP contribution in [0.4, 0.5) is 0 Å². The van der Waals surface area contributed by atoms with Crippen LogP contribution in [0.25, 0.3) is 0 Å². The lowest BCUT2D eigenvalue weighted by molar-refractivity contribution is 0.314. The lowest BCUT2D eigenvalue weighted by Gasteiger charge is -2.05. The van der Waals surface area contributed by atoms with Gasteiger partial charge in [0, 0.05) is 17.3 Å². The molecule has 0 N–H and O–H groups in total. The van der Waals surface area contributed by atoms with Gasteiger partial charge in [-0.15, -0.1) is 0 Å². The smallest absolute Gasteiger partial charge is 0.219 e. The minimum atomic E-state index is 0.740. The molecule has 1 aliphatic rings. The fourth-order valence-corrected chi connectivity index (χ4v) is 4.31. The summed E-state index contributed by atoms with van der Waals surface area (Å²) in [7, 11) is 4.01. The van der Waals surface area contributed by atoms with Crippen molar-refractivity contribution in [1.82, 2.24) is 0 Å². The van der Waals surface area contributed by atoms with Gasteiger partial charge in [-0.05, 0) is 37.9 Å². The minimum Gasteiger partial charge on any atom is -0.479 e. The Labute approximate surface area is 104 Å². The van der Waals surface area contributed by atoms with Gasteiger partial charge in [-0.1, -0.05) is 33.3 Å². The zero-order valence-corrected chi connectivity index (χ0v) is 11.5. The maximum absolute atomic E-state index is 5.43. The molecular weight excluding hydrogens is 252 g/mol. The van der Waals surface area contributed by atoms with E-state index in [2.05, 4.69) is 0 Å². The summed E-state index contributed by atoms with van der Waals surface area (Å²) in [6.45, 7) is 0.803. The number of ether oxygens (including phenoxy) is 1. The van der Waals surface area contributed by atoms with Crippen molar-refractivity contribution in [1.29, 1.82) is 0 Å². The fraction of sp³-hybridized carbons (Fsp3) is 0.889. The van der Waals surface area contributed by atoms with E-state index in [0.29, 0.717) is 0 Å². The van der Waals surface area contributed by atoms with E-state index >= 15 is 0 Å². The van der Waals surface area contributed by atoms with Crippen LogP contribution in [0, 0.1) is 0 Å². The molecule has 1 aliphatic heterocycles. The van der Waals surface area contributed by atoms with Gasteiger partial charge in [0.2, 0.25) is 4.38 Å². The van der Waals surface area contributed by atoms with Gasteiger partial charge in [0.25, 0.3) is 0 Å². The van der Waals surface area contributed by atoms with Crippen molar-refractivity contribution in [2.75, 3.05) is 23.9 Å². The predicted molar refractivity (Wildman–Crippen MR) is 74.4 cm³/mol. The first-order chi connectivity index (χ1) is 6.89. The van der Waals surface area contributed by atoms with Gasteiger partial charge in [-0.3, -0.25) is 0 Å². The Morgan fingerprint density at radius 1 is 0.929 bits per heavy atom. The fourth-order valence-electron chi connectivity index (χ4n) is 0.997. The SMILES string of the molecule is S=C1OCCCCSSCCCCS1. The third-order valence-corrected chi connectivity index (χ3v) is 5.66. The lowest BCUT2D eigenvalue weighted by atomic mass is 10.4. The molecule has 0 amide bonds. The molecule has 1 saturated heterocycles. The summed E-state index contributed by atoms with van der Waals surface area (Å²) in [4.78, 5) is 0. The van der Waals surface area contributed by atoms with Gasteiger partial charge < -0.3 is 4.74 Å². The third kappa shape index (κ3) is 7.26. The Balaban J connectivity index is 2.15. The monoisotopic (exact) mass is 268 g/mol. The Hall–Kier alpha value is 0.940. The molecule has 82 valence electrons. The standard InChI is InChI=1S/C9H16OS4/c11-9-10-5-1-2-7-13-14-8-4-3-6-12-9/h1-8H2. The van der Waals surface area contributed by atoms with Crippen LogP contribution in [0.3, 0.4) is 0 Å². The second-order valence-corrected chi connectivity index (χ2v) is 7.40. The number of hydrogen-bond donors (Lipinski definition) is 0. The quantitative estimate of drug-likeness (QED) is 0.484. The third-order valence-electron chi connectivity index (χ3n) is 1.77. The Morgan fingerprint density at radius 2 is 1.57 bits per heavy atom.